The second-order valence-corrected chi connectivity index (χ2v) is 13.3. The molecule has 0 spiro atoms. The zero-order valence-electron chi connectivity index (χ0n) is 23.8. The number of rotatable bonds is 9. The lowest BCUT2D eigenvalue weighted by Gasteiger charge is -2.41. The molecule has 3 N–H and O–H groups in total. The molecule has 0 radical (unpaired) electrons. The fourth-order valence-electron chi connectivity index (χ4n) is 5.74. The molecule has 0 amide bonds. The number of carbonyl (C=O) groups excluding carboxylic acids is 1. The molecular weight excluding hydrogens is 526 g/mol. The standard InChI is InChI=1S/C31H39N3O5S/c1-6-17-31(18-16-21-10-8-7-9-11-21)19-24(35)26(29(36)39-31)27(30(2,3)4)22-12-14-23(15-13-22)28-33-25(20-34(28)5)40(32,37)38/h7-15,20,27,35H,6,16-19H2,1-5H3,(H2,32,37,38)/t27?,31-/m1/s1. The second kappa shape index (κ2) is 11.2. The molecule has 0 bridgehead atoms. The van der Waals surface area contributed by atoms with Gasteiger partial charge in [-0.05, 0) is 35.8 Å². The zero-order chi connectivity index (χ0) is 29.3. The van der Waals surface area contributed by atoms with E-state index < -0.39 is 32.9 Å². The molecule has 0 fully saturated rings. The fraction of sp³-hybridized carbons (Fsp3) is 0.419. The summed E-state index contributed by atoms with van der Waals surface area (Å²) in [6.45, 7) is 8.14. The molecule has 4 rings (SSSR count). The molecule has 0 saturated heterocycles. The van der Waals surface area contributed by atoms with E-state index in [0.717, 1.165) is 18.4 Å². The Labute approximate surface area is 236 Å². The topological polar surface area (TPSA) is 125 Å². The highest BCUT2D eigenvalue weighted by molar-refractivity contribution is 7.89. The first-order chi connectivity index (χ1) is 18.7. The van der Waals surface area contributed by atoms with Crippen molar-refractivity contribution in [1.29, 1.82) is 0 Å². The maximum absolute atomic E-state index is 13.7. The number of sulfonamides is 1. The third-order valence-electron chi connectivity index (χ3n) is 7.55. The van der Waals surface area contributed by atoms with E-state index in [2.05, 4.69) is 24.0 Å². The number of imidazole rings is 1. The number of carbonyl (C=O) groups is 1. The molecule has 1 unspecified atom stereocenters. The van der Waals surface area contributed by atoms with Crippen LogP contribution in [0.25, 0.3) is 11.4 Å². The van der Waals surface area contributed by atoms with Crippen LogP contribution in [0.5, 0.6) is 0 Å². The molecular formula is C31H39N3O5S. The summed E-state index contributed by atoms with van der Waals surface area (Å²) in [6, 6.07) is 17.5. The highest BCUT2D eigenvalue weighted by atomic mass is 32.2. The molecule has 8 nitrogen and oxygen atoms in total. The summed E-state index contributed by atoms with van der Waals surface area (Å²) in [6.07, 6.45) is 4.53. The van der Waals surface area contributed by atoms with E-state index >= 15 is 0 Å². The number of benzene rings is 2. The number of hydrogen-bond donors (Lipinski definition) is 2. The smallest absolute Gasteiger partial charge is 0.338 e. The molecule has 9 heteroatoms. The van der Waals surface area contributed by atoms with Crippen molar-refractivity contribution in [2.45, 2.75) is 76.3 Å². The largest absolute Gasteiger partial charge is 0.512 e. The van der Waals surface area contributed by atoms with Gasteiger partial charge in [0.05, 0.1) is 5.57 Å². The summed E-state index contributed by atoms with van der Waals surface area (Å²) in [5, 5.41) is 16.5. The van der Waals surface area contributed by atoms with Gasteiger partial charge in [-0.3, -0.25) is 0 Å². The summed E-state index contributed by atoms with van der Waals surface area (Å²) in [7, 11) is -2.23. The monoisotopic (exact) mass is 565 g/mol. The minimum absolute atomic E-state index is 0.0867. The second-order valence-electron chi connectivity index (χ2n) is 11.8. The summed E-state index contributed by atoms with van der Waals surface area (Å²) < 4.78 is 31.3. The van der Waals surface area contributed by atoms with Crippen molar-refractivity contribution in [2.24, 2.45) is 17.6 Å². The number of esters is 1. The molecule has 1 aliphatic heterocycles. The summed E-state index contributed by atoms with van der Waals surface area (Å²) in [4.78, 5) is 17.9. The molecule has 0 aliphatic carbocycles. The number of nitrogens with two attached hydrogens (primary N) is 1. The van der Waals surface area contributed by atoms with E-state index in [1.807, 2.05) is 63.2 Å². The third kappa shape index (κ3) is 6.31. The summed E-state index contributed by atoms with van der Waals surface area (Å²) >= 11 is 0. The molecule has 2 aromatic carbocycles. The van der Waals surface area contributed by atoms with Gasteiger partial charge in [-0.25, -0.2) is 23.3 Å². The van der Waals surface area contributed by atoms with Gasteiger partial charge < -0.3 is 14.4 Å². The van der Waals surface area contributed by atoms with Gasteiger partial charge in [-0.15, -0.1) is 0 Å². The SMILES string of the molecule is CCC[C@@]1(CCc2ccccc2)CC(O)=C(C(c2ccc(-c3nc(S(N)(=O)=O)cn3C)cc2)C(C)(C)C)C(=O)O1. The Morgan fingerprint density at radius 3 is 2.27 bits per heavy atom. The Morgan fingerprint density at radius 1 is 1.10 bits per heavy atom. The summed E-state index contributed by atoms with van der Waals surface area (Å²) in [5.41, 5.74) is 1.83. The first kappa shape index (κ1) is 29.6. The zero-order valence-corrected chi connectivity index (χ0v) is 24.7. The molecule has 1 aromatic heterocycles. The number of ether oxygens (including phenoxy) is 1. The summed E-state index contributed by atoms with van der Waals surface area (Å²) in [5.74, 6) is -0.367. The van der Waals surface area contributed by atoms with Crippen LogP contribution in [0.1, 0.15) is 70.4 Å². The van der Waals surface area contributed by atoms with Gasteiger partial charge in [0.2, 0.25) is 0 Å². The van der Waals surface area contributed by atoms with Gasteiger partial charge in [0.15, 0.2) is 5.03 Å². The van der Waals surface area contributed by atoms with E-state index in [4.69, 9.17) is 9.88 Å². The van der Waals surface area contributed by atoms with Crippen molar-refractivity contribution >= 4 is 16.0 Å². The van der Waals surface area contributed by atoms with Gasteiger partial charge in [0.1, 0.15) is 17.2 Å². The maximum atomic E-state index is 13.7. The quantitative estimate of drug-likeness (QED) is 0.316. The number of aliphatic hydroxyl groups is 1. The fourth-order valence-corrected chi connectivity index (χ4v) is 6.25. The van der Waals surface area contributed by atoms with Crippen molar-refractivity contribution < 1.29 is 23.1 Å². The lowest BCUT2D eigenvalue weighted by molar-refractivity contribution is -0.161. The van der Waals surface area contributed by atoms with Crippen LogP contribution in [0.4, 0.5) is 0 Å². The molecule has 0 saturated carbocycles. The normalized spacial score (nSPS) is 19.0. The van der Waals surface area contributed by atoms with Gasteiger partial charge in [-0.1, -0.05) is 88.7 Å². The molecule has 1 aliphatic rings. The van der Waals surface area contributed by atoms with Crippen molar-refractivity contribution in [1.82, 2.24) is 9.55 Å². The van der Waals surface area contributed by atoms with Gasteiger partial charge >= 0.3 is 5.97 Å². The Hall–Kier alpha value is -3.43. The van der Waals surface area contributed by atoms with Crippen LogP contribution in [0.3, 0.4) is 0 Å². The number of aryl methyl sites for hydroxylation is 2. The Bertz CT molecular complexity index is 1500. The highest BCUT2D eigenvalue weighted by Gasteiger charge is 2.45. The number of aromatic nitrogens is 2. The van der Waals surface area contributed by atoms with Gasteiger partial charge in [0, 0.05) is 31.1 Å². The van der Waals surface area contributed by atoms with E-state index in [1.54, 1.807) is 11.6 Å². The van der Waals surface area contributed by atoms with Crippen LogP contribution in [0.2, 0.25) is 0 Å². The van der Waals surface area contributed by atoms with E-state index in [0.29, 0.717) is 29.8 Å². The molecule has 2 heterocycles. The van der Waals surface area contributed by atoms with Gasteiger partial charge in [-0.2, -0.15) is 0 Å². The minimum atomic E-state index is -3.93. The Kier molecular flexibility index (Phi) is 8.28. The minimum Gasteiger partial charge on any atom is -0.512 e. The number of aliphatic hydroxyl groups excluding tert-OH is 1. The van der Waals surface area contributed by atoms with Crippen molar-refractivity contribution in [2.75, 3.05) is 0 Å². The Balaban J connectivity index is 1.67. The molecule has 214 valence electrons. The number of primary sulfonamides is 1. The molecule has 3 aromatic rings. The average Bonchev–Trinajstić information content (AvgIpc) is 3.27. The number of cyclic esters (lactones) is 1. The van der Waals surface area contributed by atoms with Crippen LogP contribution in [0.15, 0.2) is 77.2 Å². The van der Waals surface area contributed by atoms with E-state index in [9.17, 15) is 18.3 Å². The van der Waals surface area contributed by atoms with Crippen LogP contribution in [-0.4, -0.2) is 34.6 Å². The van der Waals surface area contributed by atoms with Crippen molar-refractivity contribution in [3.8, 4) is 11.4 Å². The maximum Gasteiger partial charge on any atom is 0.338 e. The lowest BCUT2D eigenvalue weighted by Crippen LogP contribution is -2.43. The van der Waals surface area contributed by atoms with E-state index in [-0.39, 0.29) is 17.2 Å². The van der Waals surface area contributed by atoms with Crippen LogP contribution in [0, 0.1) is 5.41 Å². The van der Waals surface area contributed by atoms with Crippen LogP contribution in [-0.2, 0) is 33.0 Å². The number of hydrogen-bond acceptors (Lipinski definition) is 6. The van der Waals surface area contributed by atoms with Crippen molar-refractivity contribution in [3.63, 3.8) is 0 Å². The predicted molar refractivity (Wildman–Crippen MR) is 155 cm³/mol. The molecule has 2 atom stereocenters. The highest BCUT2D eigenvalue weighted by Crippen LogP contribution is 2.47. The van der Waals surface area contributed by atoms with Gasteiger partial charge in [0.25, 0.3) is 10.0 Å². The van der Waals surface area contributed by atoms with Crippen LogP contribution < -0.4 is 5.14 Å². The first-order valence-electron chi connectivity index (χ1n) is 13.6. The average molecular weight is 566 g/mol. The lowest BCUT2D eigenvalue weighted by atomic mass is 9.70. The third-order valence-corrected chi connectivity index (χ3v) is 8.33. The Morgan fingerprint density at radius 2 is 1.75 bits per heavy atom. The molecule has 40 heavy (non-hydrogen) atoms. The predicted octanol–water partition coefficient (Wildman–Crippen LogP) is 5.79. The van der Waals surface area contributed by atoms with Crippen molar-refractivity contribution in [3.05, 3.63) is 83.3 Å². The van der Waals surface area contributed by atoms with Crippen LogP contribution >= 0.6 is 0 Å². The number of nitrogens with zero attached hydrogens (tertiary/aromatic N) is 2. The van der Waals surface area contributed by atoms with E-state index in [1.165, 1.54) is 11.8 Å². The first-order valence-corrected chi connectivity index (χ1v) is 15.1.